The molecule has 0 amide bonds. The number of aromatic amines is 1. The van der Waals surface area contributed by atoms with Crippen molar-refractivity contribution in [1.29, 1.82) is 0 Å². The summed E-state index contributed by atoms with van der Waals surface area (Å²) in [5.41, 5.74) is 0.612. The van der Waals surface area contributed by atoms with E-state index in [4.69, 9.17) is 4.42 Å². The molecule has 4 rings (SSSR count). The molecule has 7 nitrogen and oxygen atoms in total. The summed E-state index contributed by atoms with van der Waals surface area (Å²) in [5.74, 6) is 0.603. The molecule has 0 saturated heterocycles. The maximum atomic E-state index is 13.6. The maximum absolute atomic E-state index is 13.6. The fourth-order valence-electron chi connectivity index (χ4n) is 3.17. The second-order valence-corrected chi connectivity index (χ2v) is 5.85. The van der Waals surface area contributed by atoms with Gasteiger partial charge >= 0.3 is 0 Å². The van der Waals surface area contributed by atoms with Gasteiger partial charge in [0.05, 0.1) is 6.10 Å². The Bertz CT molecular complexity index is 803. The minimum absolute atomic E-state index is 0.0463. The van der Waals surface area contributed by atoms with Gasteiger partial charge in [-0.3, -0.25) is 5.10 Å². The van der Waals surface area contributed by atoms with Crippen molar-refractivity contribution in [3.63, 3.8) is 0 Å². The van der Waals surface area contributed by atoms with Crippen LogP contribution in [-0.2, 0) is 0 Å². The number of H-pyrrole nitrogens is 1. The number of para-hydroxylation sites is 1. The van der Waals surface area contributed by atoms with Gasteiger partial charge in [0.15, 0.2) is 11.4 Å². The molecule has 0 aliphatic heterocycles. The van der Waals surface area contributed by atoms with Gasteiger partial charge in [-0.25, -0.2) is 9.37 Å². The Labute approximate surface area is 130 Å². The highest BCUT2D eigenvalue weighted by Crippen LogP contribution is 2.37. The lowest BCUT2D eigenvalue weighted by Crippen LogP contribution is -2.21. The third-order valence-electron chi connectivity index (χ3n) is 4.36. The monoisotopic (exact) mass is 317 g/mol. The third kappa shape index (κ3) is 2.65. The number of rotatable bonds is 4. The van der Waals surface area contributed by atoms with Crippen molar-refractivity contribution in [2.24, 2.45) is 5.92 Å². The molecule has 3 aromatic rings. The second-order valence-electron chi connectivity index (χ2n) is 5.85. The Morgan fingerprint density at radius 3 is 3.09 bits per heavy atom. The number of oxazole rings is 1. The molecule has 1 fully saturated rings. The van der Waals surface area contributed by atoms with Crippen LogP contribution in [0.15, 0.2) is 28.9 Å². The van der Waals surface area contributed by atoms with Crippen molar-refractivity contribution in [2.45, 2.75) is 24.9 Å². The van der Waals surface area contributed by atoms with Gasteiger partial charge in [0, 0.05) is 18.4 Å². The van der Waals surface area contributed by atoms with E-state index in [0.717, 1.165) is 12.2 Å². The van der Waals surface area contributed by atoms with Crippen LogP contribution in [0.1, 0.15) is 24.6 Å². The van der Waals surface area contributed by atoms with Crippen molar-refractivity contribution in [1.82, 2.24) is 20.2 Å². The fourth-order valence-corrected chi connectivity index (χ4v) is 3.17. The Morgan fingerprint density at radius 1 is 1.39 bits per heavy atom. The number of aliphatic hydroxyl groups excluding tert-OH is 1. The zero-order chi connectivity index (χ0) is 15.8. The zero-order valence-electron chi connectivity index (χ0n) is 12.2. The SMILES string of the molecule is O[C@H]1C[C@H](c2ncn[nH]2)C[C@H]1CNc1nc2c(F)cccc2o1. The first-order valence-corrected chi connectivity index (χ1v) is 7.53. The molecule has 0 bridgehead atoms. The molecule has 1 saturated carbocycles. The Morgan fingerprint density at radius 2 is 2.30 bits per heavy atom. The van der Waals surface area contributed by atoms with Crippen LogP contribution >= 0.6 is 0 Å². The van der Waals surface area contributed by atoms with E-state index in [2.05, 4.69) is 25.5 Å². The number of hydrogen-bond donors (Lipinski definition) is 3. The van der Waals surface area contributed by atoms with Crippen molar-refractivity contribution in [3.05, 3.63) is 36.2 Å². The van der Waals surface area contributed by atoms with E-state index in [1.54, 1.807) is 12.1 Å². The Kier molecular flexibility index (Phi) is 3.45. The summed E-state index contributed by atoms with van der Waals surface area (Å²) in [7, 11) is 0. The molecule has 1 aromatic carbocycles. The van der Waals surface area contributed by atoms with Gasteiger partial charge in [0.1, 0.15) is 17.7 Å². The molecule has 1 aliphatic rings. The molecule has 2 aromatic heterocycles. The molecule has 3 N–H and O–H groups in total. The van der Waals surface area contributed by atoms with Gasteiger partial charge in [0.25, 0.3) is 6.01 Å². The van der Waals surface area contributed by atoms with Gasteiger partial charge in [-0.05, 0) is 25.0 Å². The molecule has 0 unspecified atom stereocenters. The standard InChI is InChI=1S/C15H16FN5O2/c16-10-2-1-3-12-13(10)20-15(23-12)17-6-9-4-8(5-11(9)22)14-18-7-19-21-14/h1-3,7-9,11,22H,4-6H2,(H,17,20)(H,18,19,21)/t8-,9+,11+/m1/s1. The van der Waals surface area contributed by atoms with Crippen LogP contribution in [-0.4, -0.2) is 37.9 Å². The van der Waals surface area contributed by atoms with Crippen molar-refractivity contribution in [2.75, 3.05) is 11.9 Å². The number of anilines is 1. The minimum atomic E-state index is -0.432. The highest BCUT2D eigenvalue weighted by Gasteiger charge is 2.35. The first-order chi connectivity index (χ1) is 11.2. The minimum Gasteiger partial charge on any atom is -0.423 e. The Hall–Kier alpha value is -2.48. The van der Waals surface area contributed by atoms with Gasteiger partial charge in [0.2, 0.25) is 0 Å². The molecule has 0 radical (unpaired) electrons. The van der Waals surface area contributed by atoms with E-state index in [1.807, 2.05) is 0 Å². The maximum Gasteiger partial charge on any atom is 0.295 e. The lowest BCUT2D eigenvalue weighted by molar-refractivity contribution is 0.137. The van der Waals surface area contributed by atoms with Gasteiger partial charge < -0.3 is 14.8 Å². The van der Waals surface area contributed by atoms with Crippen LogP contribution in [0, 0.1) is 11.7 Å². The third-order valence-corrected chi connectivity index (χ3v) is 4.36. The van der Waals surface area contributed by atoms with Crippen molar-refractivity contribution >= 4 is 17.1 Å². The van der Waals surface area contributed by atoms with Crippen LogP contribution in [0.5, 0.6) is 0 Å². The fraction of sp³-hybridized carbons (Fsp3) is 0.400. The van der Waals surface area contributed by atoms with Gasteiger partial charge in [-0.1, -0.05) is 6.07 Å². The van der Waals surface area contributed by atoms with Crippen molar-refractivity contribution in [3.8, 4) is 0 Å². The number of hydrogen-bond acceptors (Lipinski definition) is 6. The highest BCUT2D eigenvalue weighted by molar-refractivity contribution is 5.74. The van der Waals surface area contributed by atoms with E-state index < -0.39 is 11.9 Å². The van der Waals surface area contributed by atoms with E-state index in [9.17, 15) is 9.50 Å². The molecule has 3 atom stereocenters. The molecule has 2 heterocycles. The molecule has 0 spiro atoms. The highest BCUT2D eigenvalue weighted by atomic mass is 19.1. The molecule has 8 heteroatoms. The summed E-state index contributed by atoms with van der Waals surface area (Å²) in [6.07, 6.45) is 2.47. The average molecular weight is 317 g/mol. The smallest absolute Gasteiger partial charge is 0.295 e. The number of fused-ring (bicyclic) bond motifs is 1. The zero-order valence-corrected chi connectivity index (χ0v) is 12.2. The Balaban J connectivity index is 1.43. The first-order valence-electron chi connectivity index (χ1n) is 7.53. The molecule has 1 aliphatic carbocycles. The van der Waals surface area contributed by atoms with Crippen LogP contribution < -0.4 is 5.32 Å². The molecular formula is C15H16FN5O2. The topological polar surface area (TPSA) is 99.9 Å². The second kappa shape index (κ2) is 5.62. The van der Waals surface area contributed by atoms with E-state index in [0.29, 0.717) is 18.5 Å². The summed E-state index contributed by atoms with van der Waals surface area (Å²) >= 11 is 0. The number of nitrogens with zero attached hydrogens (tertiary/aromatic N) is 3. The summed E-state index contributed by atoms with van der Waals surface area (Å²) in [6, 6.07) is 4.86. The normalized spacial score (nSPS) is 24.3. The lowest BCUT2D eigenvalue weighted by atomic mass is 10.0. The molecule has 23 heavy (non-hydrogen) atoms. The molecular weight excluding hydrogens is 301 g/mol. The van der Waals surface area contributed by atoms with E-state index >= 15 is 0 Å². The first kappa shape index (κ1) is 14.1. The van der Waals surface area contributed by atoms with Crippen molar-refractivity contribution < 1.29 is 13.9 Å². The van der Waals surface area contributed by atoms with Crippen LogP contribution in [0.4, 0.5) is 10.4 Å². The number of benzene rings is 1. The van der Waals surface area contributed by atoms with Crippen LogP contribution in [0.3, 0.4) is 0 Å². The predicted octanol–water partition coefficient (Wildman–Crippen LogP) is 2.05. The lowest BCUT2D eigenvalue weighted by Gasteiger charge is -2.13. The van der Waals surface area contributed by atoms with Gasteiger partial charge in [-0.15, -0.1) is 0 Å². The summed E-state index contributed by atoms with van der Waals surface area (Å²) in [6.45, 7) is 0.500. The molecule has 120 valence electrons. The number of aromatic nitrogens is 4. The van der Waals surface area contributed by atoms with E-state index in [1.165, 1.54) is 12.4 Å². The average Bonchev–Trinajstić information content (AvgIpc) is 3.24. The van der Waals surface area contributed by atoms with E-state index in [-0.39, 0.29) is 23.4 Å². The number of aliphatic hydroxyl groups is 1. The quantitative estimate of drug-likeness (QED) is 0.681. The van der Waals surface area contributed by atoms with Gasteiger partial charge in [-0.2, -0.15) is 10.1 Å². The number of halogens is 1. The number of nitrogens with one attached hydrogen (secondary N) is 2. The summed E-state index contributed by atoms with van der Waals surface area (Å²) in [5, 5.41) is 20.0. The van der Waals surface area contributed by atoms with Crippen LogP contribution in [0.25, 0.3) is 11.1 Å². The largest absolute Gasteiger partial charge is 0.423 e. The summed E-state index contributed by atoms with van der Waals surface area (Å²) < 4.78 is 19.1. The predicted molar refractivity (Wildman–Crippen MR) is 80.3 cm³/mol. The summed E-state index contributed by atoms with van der Waals surface area (Å²) in [4.78, 5) is 8.26. The van der Waals surface area contributed by atoms with Crippen LogP contribution in [0.2, 0.25) is 0 Å².